The number of aromatic nitrogens is 2. The molecule has 4 nitrogen and oxygen atoms in total. The molecule has 1 aliphatic heterocycles. The molecule has 1 atom stereocenters. The van der Waals surface area contributed by atoms with Crippen LogP contribution in [0, 0.1) is 6.92 Å². The summed E-state index contributed by atoms with van der Waals surface area (Å²) in [6.45, 7) is 4.40. The van der Waals surface area contributed by atoms with Crippen LogP contribution >= 0.6 is 0 Å². The first-order valence-electron chi connectivity index (χ1n) is 9.31. The van der Waals surface area contributed by atoms with Gasteiger partial charge in [0.1, 0.15) is 6.17 Å². The summed E-state index contributed by atoms with van der Waals surface area (Å²) in [7, 11) is 2.12. The van der Waals surface area contributed by atoms with Gasteiger partial charge in [-0.15, -0.1) is 0 Å². The molecular formula is C23H22N4. The summed E-state index contributed by atoms with van der Waals surface area (Å²) >= 11 is 0. The Labute approximate surface area is 159 Å². The lowest BCUT2D eigenvalue weighted by atomic mass is 10.0. The van der Waals surface area contributed by atoms with Crippen molar-refractivity contribution in [1.82, 2.24) is 9.66 Å². The number of hydrogen-bond donors (Lipinski definition) is 0. The van der Waals surface area contributed by atoms with E-state index in [1.165, 1.54) is 22.4 Å². The van der Waals surface area contributed by atoms with E-state index in [2.05, 4.69) is 102 Å². The van der Waals surface area contributed by atoms with Gasteiger partial charge in [-0.3, -0.25) is 9.91 Å². The van der Waals surface area contributed by atoms with E-state index in [1.807, 2.05) is 6.07 Å². The van der Waals surface area contributed by atoms with Gasteiger partial charge in [0.2, 0.25) is 5.95 Å². The number of para-hydroxylation sites is 2. The second kappa shape index (κ2) is 5.88. The van der Waals surface area contributed by atoms with Crippen molar-refractivity contribution < 1.29 is 0 Å². The number of hydrogen-bond acceptors (Lipinski definition) is 3. The van der Waals surface area contributed by atoms with E-state index in [9.17, 15) is 0 Å². The Morgan fingerprint density at radius 1 is 0.852 bits per heavy atom. The Balaban J connectivity index is 1.63. The highest BCUT2D eigenvalue weighted by Gasteiger charge is 2.35. The number of aryl methyl sites for hydroxylation is 1. The molecule has 4 heteroatoms. The fourth-order valence-corrected chi connectivity index (χ4v) is 4.01. The third-order valence-electron chi connectivity index (χ3n) is 5.53. The van der Waals surface area contributed by atoms with E-state index in [-0.39, 0.29) is 6.17 Å². The minimum Gasteiger partial charge on any atom is -0.290 e. The van der Waals surface area contributed by atoms with E-state index >= 15 is 0 Å². The maximum Gasteiger partial charge on any atom is 0.232 e. The number of nitrogens with zero attached hydrogens (tertiary/aromatic N) is 4. The van der Waals surface area contributed by atoms with Crippen LogP contribution in [0.3, 0.4) is 0 Å². The highest BCUT2D eigenvalue weighted by Crippen LogP contribution is 2.38. The second-order valence-electron chi connectivity index (χ2n) is 7.16. The molecule has 0 aliphatic carbocycles. The van der Waals surface area contributed by atoms with E-state index in [4.69, 9.17) is 4.98 Å². The zero-order chi connectivity index (χ0) is 18.5. The molecule has 134 valence electrons. The number of imidazole rings is 1. The molecule has 0 amide bonds. The first-order chi connectivity index (χ1) is 13.1. The molecule has 27 heavy (non-hydrogen) atoms. The van der Waals surface area contributed by atoms with Gasteiger partial charge in [0.15, 0.2) is 0 Å². The maximum absolute atomic E-state index is 4.92. The number of rotatable bonds is 2. The first kappa shape index (κ1) is 15.9. The topological polar surface area (TPSA) is 24.3 Å². The molecule has 0 fully saturated rings. The molecule has 1 aliphatic rings. The first-order valence-corrected chi connectivity index (χ1v) is 9.31. The van der Waals surface area contributed by atoms with Crippen molar-refractivity contribution in [3.05, 3.63) is 78.4 Å². The minimum atomic E-state index is 0.193. The Kier molecular flexibility index (Phi) is 3.47. The molecule has 0 N–H and O–H groups in total. The molecule has 0 bridgehead atoms. The van der Waals surface area contributed by atoms with Gasteiger partial charge in [0, 0.05) is 12.7 Å². The van der Waals surface area contributed by atoms with Crippen molar-refractivity contribution in [3.8, 4) is 11.1 Å². The quantitative estimate of drug-likeness (QED) is 0.502. The Morgan fingerprint density at radius 3 is 2.37 bits per heavy atom. The van der Waals surface area contributed by atoms with Crippen molar-refractivity contribution in [2.24, 2.45) is 0 Å². The third kappa shape index (κ3) is 2.33. The molecule has 3 aromatic carbocycles. The molecule has 4 aromatic rings. The van der Waals surface area contributed by atoms with E-state index in [0.717, 1.165) is 17.0 Å². The molecular weight excluding hydrogens is 332 g/mol. The van der Waals surface area contributed by atoms with Crippen LogP contribution in [0.1, 0.15) is 12.5 Å². The van der Waals surface area contributed by atoms with Gasteiger partial charge in [0.25, 0.3) is 0 Å². The summed E-state index contributed by atoms with van der Waals surface area (Å²) in [5.41, 5.74) is 7.09. The molecule has 0 saturated heterocycles. The van der Waals surface area contributed by atoms with Crippen LogP contribution in [-0.2, 0) is 0 Å². The fraction of sp³-hybridized carbons (Fsp3) is 0.174. The normalized spacial score (nSPS) is 16.2. The molecule has 5 rings (SSSR count). The van der Waals surface area contributed by atoms with Crippen LogP contribution in [0.15, 0.2) is 72.8 Å². The van der Waals surface area contributed by atoms with Crippen LogP contribution in [0.25, 0.3) is 22.2 Å². The standard InChI is InChI=1S/C23H22N4/c1-16-15-19(18-9-5-4-6-10-18)13-14-21(16)26-17(2)25(3)27-22-12-8-7-11-20(22)24-23(26)27/h4-15,17H,1-3H3/t17-/m0/s1. The van der Waals surface area contributed by atoms with Crippen LogP contribution in [0.5, 0.6) is 0 Å². The zero-order valence-corrected chi connectivity index (χ0v) is 15.8. The van der Waals surface area contributed by atoms with Gasteiger partial charge in [-0.1, -0.05) is 48.5 Å². The van der Waals surface area contributed by atoms with E-state index < -0.39 is 0 Å². The Morgan fingerprint density at radius 2 is 1.59 bits per heavy atom. The predicted molar refractivity (Wildman–Crippen MR) is 112 cm³/mol. The molecule has 0 radical (unpaired) electrons. The molecule has 0 saturated carbocycles. The van der Waals surface area contributed by atoms with Crippen LogP contribution in [0.4, 0.5) is 11.6 Å². The molecule has 2 heterocycles. The van der Waals surface area contributed by atoms with Gasteiger partial charge >= 0.3 is 0 Å². The highest BCUT2D eigenvalue weighted by molar-refractivity contribution is 5.83. The summed E-state index contributed by atoms with van der Waals surface area (Å²) in [6, 6.07) is 25.5. The zero-order valence-electron chi connectivity index (χ0n) is 15.8. The van der Waals surface area contributed by atoms with Crippen molar-refractivity contribution in [1.29, 1.82) is 0 Å². The third-order valence-corrected chi connectivity index (χ3v) is 5.53. The van der Waals surface area contributed by atoms with Crippen molar-refractivity contribution in [2.45, 2.75) is 20.0 Å². The van der Waals surface area contributed by atoms with Crippen LogP contribution in [-0.4, -0.2) is 22.9 Å². The summed E-state index contributed by atoms with van der Waals surface area (Å²) in [5.74, 6) is 0.974. The minimum absolute atomic E-state index is 0.193. The van der Waals surface area contributed by atoms with Gasteiger partial charge in [0.05, 0.1) is 11.0 Å². The van der Waals surface area contributed by atoms with Crippen molar-refractivity contribution in [3.63, 3.8) is 0 Å². The van der Waals surface area contributed by atoms with Crippen molar-refractivity contribution in [2.75, 3.05) is 17.0 Å². The average Bonchev–Trinajstić information content (AvgIpc) is 3.18. The van der Waals surface area contributed by atoms with Crippen LogP contribution in [0.2, 0.25) is 0 Å². The smallest absolute Gasteiger partial charge is 0.232 e. The monoisotopic (exact) mass is 354 g/mol. The highest BCUT2D eigenvalue weighted by atomic mass is 15.7. The van der Waals surface area contributed by atoms with E-state index in [0.29, 0.717) is 0 Å². The van der Waals surface area contributed by atoms with Gasteiger partial charge < -0.3 is 0 Å². The molecule has 0 spiro atoms. The number of anilines is 2. The summed E-state index contributed by atoms with van der Waals surface area (Å²) < 4.78 is 2.21. The van der Waals surface area contributed by atoms with Gasteiger partial charge in [-0.25, -0.2) is 9.66 Å². The molecule has 1 aromatic heterocycles. The Bertz CT molecular complexity index is 1130. The SMILES string of the molecule is Cc1cc(-c2ccccc2)ccc1N1c2nc3ccccc3n2N(C)[C@@H]1C. The van der Waals surface area contributed by atoms with Gasteiger partial charge in [-0.05, 0) is 54.8 Å². The summed E-state index contributed by atoms with van der Waals surface area (Å²) in [6.07, 6.45) is 0.193. The number of benzene rings is 3. The summed E-state index contributed by atoms with van der Waals surface area (Å²) in [4.78, 5) is 7.24. The summed E-state index contributed by atoms with van der Waals surface area (Å²) in [5, 5.41) is 2.25. The Hall–Kier alpha value is -3.27. The van der Waals surface area contributed by atoms with Gasteiger partial charge in [-0.2, -0.15) is 0 Å². The lowest BCUT2D eigenvalue weighted by Gasteiger charge is -2.27. The largest absolute Gasteiger partial charge is 0.290 e. The number of fused-ring (bicyclic) bond motifs is 3. The van der Waals surface area contributed by atoms with Crippen LogP contribution < -0.4 is 9.91 Å². The average molecular weight is 354 g/mol. The van der Waals surface area contributed by atoms with E-state index in [1.54, 1.807) is 0 Å². The predicted octanol–water partition coefficient (Wildman–Crippen LogP) is 5.08. The second-order valence-corrected chi connectivity index (χ2v) is 7.16. The van der Waals surface area contributed by atoms with Crippen molar-refractivity contribution >= 4 is 22.7 Å². The fourth-order valence-electron chi connectivity index (χ4n) is 4.01. The lowest BCUT2D eigenvalue weighted by molar-refractivity contribution is 0.633. The lowest BCUT2D eigenvalue weighted by Crippen LogP contribution is -2.39. The molecule has 0 unspecified atom stereocenters. The maximum atomic E-state index is 4.92.